The van der Waals surface area contributed by atoms with Gasteiger partial charge in [-0.1, -0.05) is 20.3 Å². The highest BCUT2D eigenvalue weighted by Gasteiger charge is 2.19. The van der Waals surface area contributed by atoms with Gasteiger partial charge in [-0.25, -0.2) is 15.1 Å². The molecule has 0 radical (unpaired) electrons. The maximum absolute atomic E-state index is 12.8. The summed E-state index contributed by atoms with van der Waals surface area (Å²) in [4.78, 5) is 24.8. The topological polar surface area (TPSA) is 140 Å². The van der Waals surface area contributed by atoms with Crippen molar-refractivity contribution in [1.82, 2.24) is 45.4 Å². The Kier molecular flexibility index (Phi) is 5.02. The number of hydrogen-bond donors (Lipinski definition) is 2. The molecule has 0 amide bonds. The van der Waals surface area contributed by atoms with Crippen LogP contribution in [0.3, 0.4) is 0 Å². The first-order valence-electron chi connectivity index (χ1n) is 9.45. The molecule has 150 valence electrons. The molecule has 0 bridgehead atoms. The van der Waals surface area contributed by atoms with Gasteiger partial charge in [-0.15, -0.1) is 5.10 Å². The smallest absolute Gasteiger partial charge is 0.277 e. The minimum Gasteiger partial charge on any atom is -0.477 e. The average Bonchev–Trinajstić information content (AvgIpc) is 3.35. The fourth-order valence-corrected chi connectivity index (χ4v) is 3.13. The van der Waals surface area contributed by atoms with Crippen molar-refractivity contribution in [3.8, 4) is 28.7 Å². The lowest BCUT2D eigenvalue weighted by Crippen LogP contribution is -2.13. The molecular weight excluding hydrogens is 374 g/mol. The van der Waals surface area contributed by atoms with Gasteiger partial charge >= 0.3 is 0 Å². The first kappa shape index (κ1) is 18.7. The maximum Gasteiger partial charge on any atom is 0.277 e. The second kappa shape index (κ2) is 7.78. The summed E-state index contributed by atoms with van der Waals surface area (Å²) in [6.07, 6.45) is 4.06. The van der Waals surface area contributed by atoms with Gasteiger partial charge in [0.2, 0.25) is 5.88 Å². The standard InChI is InChI=1S/C18H21N9O2/c1-4-6-12-13-14(27(3)24-12)17(28)21-16(20-13)11-8-10(15-22-25-26-23-15)9-19-18(11)29-7-5-2/h8-9H,4-7H2,1-3H3,(H,20,21,28)(H,22,23,25,26). The van der Waals surface area contributed by atoms with Gasteiger partial charge in [0.15, 0.2) is 11.3 Å². The van der Waals surface area contributed by atoms with Crippen LogP contribution >= 0.6 is 0 Å². The summed E-state index contributed by atoms with van der Waals surface area (Å²) in [6, 6.07) is 1.79. The number of ether oxygens (including phenoxy) is 1. The van der Waals surface area contributed by atoms with Crippen molar-refractivity contribution in [2.45, 2.75) is 33.1 Å². The van der Waals surface area contributed by atoms with Gasteiger partial charge in [-0.2, -0.15) is 5.10 Å². The van der Waals surface area contributed by atoms with Gasteiger partial charge in [0.25, 0.3) is 5.56 Å². The minimum atomic E-state index is -0.268. The number of hydrogen-bond acceptors (Lipinski definition) is 8. The third kappa shape index (κ3) is 3.46. The molecule has 0 spiro atoms. The lowest BCUT2D eigenvalue weighted by molar-refractivity contribution is 0.306. The zero-order chi connectivity index (χ0) is 20.4. The Labute approximate surface area is 165 Å². The van der Waals surface area contributed by atoms with E-state index in [1.165, 1.54) is 0 Å². The SMILES string of the molecule is CCCOc1ncc(-c2nnn[nH]2)cc1-c1nc2c(CCC)nn(C)c2c(=O)[nH]1. The van der Waals surface area contributed by atoms with Crippen molar-refractivity contribution in [3.63, 3.8) is 0 Å². The largest absolute Gasteiger partial charge is 0.477 e. The van der Waals surface area contributed by atoms with Gasteiger partial charge in [0.1, 0.15) is 11.3 Å². The van der Waals surface area contributed by atoms with Gasteiger partial charge in [0, 0.05) is 18.8 Å². The van der Waals surface area contributed by atoms with Crippen molar-refractivity contribution in [1.29, 1.82) is 0 Å². The number of H-pyrrole nitrogens is 2. The quantitative estimate of drug-likeness (QED) is 0.481. The number of fused-ring (bicyclic) bond motifs is 1. The molecule has 0 aliphatic heterocycles. The van der Waals surface area contributed by atoms with Crippen molar-refractivity contribution in [2.75, 3.05) is 6.61 Å². The molecule has 0 fully saturated rings. The zero-order valence-corrected chi connectivity index (χ0v) is 16.4. The van der Waals surface area contributed by atoms with E-state index in [0.717, 1.165) is 25.0 Å². The first-order chi connectivity index (χ1) is 14.1. The zero-order valence-electron chi connectivity index (χ0n) is 16.4. The number of aryl methyl sites for hydroxylation is 2. The predicted octanol–water partition coefficient (Wildman–Crippen LogP) is 1.64. The van der Waals surface area contributed by atoms with E-state index in [0.29, 0.717) is 46.3 Å². The molecule has 4 aromatic heterocycles. The summed E-state index contributed by atoms with van der Waals surface area (Å²) in [6.45, 7) is 4.56. The van der Waals surface area contributed by atoms with E-state index in [2.05, 4.69) is 42.6 Å². The number of aromatic amines is 2. The van der Waals surface area contributed by atoms with Gasteiger partial charge in [-0.05, 0) is 29.3 Å². The number of aromatic nitrogens is 9. The number of rotatable bonds is 7. The van der Waals surface area contributed by atoms with Crippen LogP contribution < -0.4 is 10.3 Å². The van der Waals surface area contributed by atoms with E-state index in [-0.39, 0.29) is 5.56 Å². The van der Waals surface area contributed by atoms with Gasteiger partial charge in [-0.3, -0.25) is 9.48 Å². The third-order valence-corrected chi connectivity index (χ3v) is 4.42. The van der Waals surface area contributed by atoms with Crippen LogP contribution in [0.15, 0.2) is 17.1 Å². The molecule has 0 unspecified atom stereocenters. The lowest BCUT2D eigenvalue weighted by atomic mass is 10.1. The molecule has 4 rings (SSSR count). The number of tetrazole rings is 1. The lowest BCUT2D eigenvalue weighted by Gasteiger charge is -2.10. The Morgan fingerprint density at radius 1 is 1.21 bits per heavy atom. The molecule has 11 nitrogen and oxygen atoms in total. The summed E-state index contributed by atoms with van der Waals surface area (Å²) in [5.74, 6) is 1.20. The molecule has 0 saturated heterocycles. The maximum atomic E-state index is 12.8. The molecule has 11 heteroatoms. The molecule has 0 aliphatic rings. The van der Waals surface area contributed by atoms with Crippen LogP contribution in [0.5, 0.6) is 5.88 Å². The van der Waals surface area contributed by atoms with E-state index in [4.69, 9.17) is 9.72 Å². The molecule has 0 aromatic carbocycles. The van der Waals surface area contributed by atoms with E-state index >= 15 is 0 Å². The number of nitrogens with one attached hydrogen (secondary N) is 2. The molecule has 0 saturated carbocycles. The summed E-state index contributed by atoms with van der Waals surface area (Å²) in [5, 5.41) is 18.3. The highest BCUT2D eigenvalue weighted by molar-refractivity contribution is 5.80. The van der Waals surface area contributed by atoms with E-state index in [1.807, 2.05) is 6.92 Å². The molecule has 0 aliphatic carbocycles. The fraction of sp³-hybridized carbons (Fsp3) is 0.389. The van der Waals surface area contributed by atoms with Crippen molar-refractivity contribution < 1.29 is 4.74 Å². The molecular formula is C18H21N9O2. The second-order valence-electron chi connectivity index (χ2n) is 6.61. The van der Waals surface area contributed by atoms with Crippen LogP contribution in [-0.2, 0) is 13.5 Å². The Hall–Kier alpha value is -3.63. The summed E-state index contributed by atoms with van der Waals surface area (Å²) >= 11 is 0. The van der Waals surface area contributed by atoms with Crippen LogP contribution in [0.4, 0.5) is 0 Å². The Morgan fingerprint density at radius 2 is 2.07 bits per heavy atom. The van der Waals surface area contributed by atoms with Crippen LogP contribution in [0.2, 0.25) is 0 Å². The van der Waals surface area contributed by atoms with Crippen molar-refractivity contribution in [3.05, 3.63) is 28.3 Å². The van der Waals surface area contributed by atoms with E-state index in [1.54, 1.807) is 24.0 Å². The first-order valence-corrected chi connectivity index (χ1v) is 9.45. The highest BCUT2D eigenvalue weighted by Crippen LogP contribution is 2.30. The van der Waals surface area contributed by atoms with Crippen LogP contribution in [0.25, 0.3) is 33.8 Å². The average molecular weight is 395 g/mol. The molecule has 4 heterocycles. The number of nitrogens with zero attached hydrogens (tertiary/aromatic N) is 7. The van der Waals surface area contributed by atoms with E-state index in [9.17, 15) is 4.79 Å². The highest BCUT2D eigenvalue weighted by atomic mass is 16.5. The fourth-order valence-electron chi connectivity index (χ4n) is 3.13. The Morgan fingerprint density at radius 3 is 2.79 bits per heavy atom. The normalized spacial score (nSPS) is 11.3. The third-order valence-electron chi connectivity index (χ3n) is 4.42. The summed E-state index contributed by atoms with van der Waals surface area (Å²) in [7, 11) is 1.74. The second-order valence-corrected chi connectivity index (χ2v) is 6.61. The predicted molar refractivity (Wildman–Crippen MR) is 105 cm³/mol. The Bertz CT molecular complexity index is 1190. The van der Waals surface area contributed by atoms with E-state index < -0.39 is 0 Å². The van der Waals surface area contributed by atoms with Gasteiger partial charge < -0.3 is 9.72 Å². The molecule has 29 heavy (non-hydrogen) atoms. The van der Waals surface area contributed by atoms with Crippen LogP contribution in [0.1, 0.15) is 32.4 Å². The monoisotopic (exact) mass is 395 g/mol. The van der Waals surface area contributed by atoms with Crippen molar-refractivity contribution in [2.24, 2.45) is 7.05 Å². The van der Waals surface area contributed by atoms with Crippen molar-refractivity contribution >= 4 is 11.0 Å². The van der Waals surface area contributed by atoms with Crippen LogP contribution in [-0.4, -0.2) is 52.0 Å². The Balaban J connectivity index is 1.92. The van der Waals surface area contributed by atoms with Gasteiger partial charge in [0.05, 0.1) is 17.9 Å². The van der Waals surface area contributed by atoms with Crippen LogP contribution in [0, 0.1) is 0 Å². The molecule has 0 atom stereocenters. The molecule has 2 N–H and O–H groups in total. The minimum absolute atomic E-state index is 0.268. The summed E-state index contributed by atoms with van der Waals surface area (Å²) in [5.41, 5.74) is 2.75. The summed E-state index contributed by atoms with van der Waals surface area (Å²) < 4.78 is 7.36. The molecule has 4 aromatic rings. The number of pyridine rings is 1.